The molecule has 1 aromatic carbocycles. The highest BCUT2D eigenvalue weighted by Gasteiger charge is 2.16. The molecule has 1 aliphatic heterocycles. The zero-order valence-corrected chi connectivity index (χ0v) is 20.4. The van der Waals surface area contributed by atoms with Gasteiger partial charge in [-0.05, 0) is 70.5 Å². The first-order valence-electron chi connectivity index (χ1n) is 11.6. The van der Waals surface area contributed by atoms with E-state index in [1.54, 1.807) is 6.92 Å². The predicted octanol–water partition coefficient (Wildman–Crippen LogP) is 2.43. The summed E-state index contributed by atoms with van der Waals surface area (Å²) in [6.07, 6.45) is 5.70. The largest absolute Gasteiger partial charge is 0.462 e. The Morgan fingerprint density at radius 2 is 2.06 bits per heavy atom. The number of carbonyl (C=O) groups is 1. The molecule has 1 unspecified atom stereocenters. The zero-order valence-electron chi connectivity index (χ0n) is 19.6. The number of benzene rings is 1. The van der Waals surface area contributed by atoms with Crippen LogP contribution in [0.5, 0.6) is 0 Å². The van der Waals surface area contributed by atoms with Crippen LogP contribution in [0.1, 0.15) is 45.6 Å². The summed E-state index contributed by atoms with van der Waals surface area (Å²) < 4.78 is 7.28. The van der Waals surface area contributed by atoms with Crippen molar-refractivity contribution >= 4 is 34.6 Å². The Balaban J connectivity index is 1.85. The Kier molecular flexibility index (Phi) is 8.87. The van der Waals surface area contributed by atoms with Gasteiger partial charge in [-0.2, -0.15) is 5.26 Å². The molecular weight excluding hydrogens is 436 g/mol. The van der Waals surface area contributed by atoms with Crippen LogP contribution in [0.4, 0.5) is 5.69 Å². The lowest BCUT2D eigenvalue weighted by Crippen LogP contribution is -2.33. The van der Waals surface area contributed by atoms with Crippen LogP contribution in [0.3, 0.4) is 0 Å². The number of rotatable bonds is 8. The first-order valence-corrected chi connectivity index (χ1v) is 12.4. The van der Waals surface area contributed by atoms with Gasteiger partial charge in [0.05, 0.1) is 11.1 Å². The summed E-state index contributed by atoms with van der Waals surface area (Å²) in [4.78, 5) is 27.6. The Morgan fingerprint density at radius 3 is 2.73 bits per heavy atom. The molecule has 8 heteroatoms. The molecule has 0 saturated carbocycles. The van der Waals surface area contributed by atoms with Crippen molar-refractivity contribution in [1.29, 1.82) is 5.26 Å². The van der Waals surface area contributed by atoms with Crippen LogP contribution in [0.25, 0.3) is 11.6 Å². The molecule has 33 heavy (non-hydrogen) atoms. The second-order valence-corrected chi connectivity index (χ2v) is 9.20. The van der Waals surface area contributed by atoms with Crippen LogP contribution in [0.15, 0.2) is 29.1 Å². The lowest BCUT2D eigenvalue weighted by atomic mass is 10.1. The molecule has 1 fully saturated rings. The molecule has 0 radical (unpaired) electrons. The molecule has 0 aliphatic carbocycles. The normalized spacial score (nSPS) is 16.7. The fourth-order valence-corrected chi connectivity index (χ4v) is 5.29. The molecule has 7 nitrogen and oxygen atoms in total. The van der Waals surface area contributed by atoms with E-state index in [-0.39, 0.29) is 23.8 Å². The minimum atomic E-state index is -0.702. The number of nitriles is 1. The number of nitrogens with one attached hydrogen (secondary N) is 1. The van der Waals surface area contributed by atoms with Crippen molar-refractivity contribution in [1.82, 2.24) is 9.47 Å². The second-order valence-electron chi connectivity index (χ2n) is 8.17. The van der Waals surface area contributed by atoms with E-state index in [1.165, 1.54) is 29.4 Å². The van der Waals surface area contributed by atoms with Gasteiger partial charge in [0.15, 0.2) is 5.57 Å². The van der Waals surface area contributed by atoms with Gasteiger partial charge in [-0.3, -0.25) is 14.3 Å². The van der Waals surface area contributed by atoms with Gasteiger partial charge in [0.1, 0.15) is 10.7 Å². The van der Waals surface area contributed by atoms with Crippen molar-refractivity contribution in [3.05, 3.63) is 49.4 Å². The SMILES string of the molecule is CCOC(=O)/C(C#N)=c1\sc(=CC(C)Nc2cccc(CN3CCCCC3)c2)c(=O)n1CC. The average molecular weight is 469 g/mol. The highest BCUT2D eigenvalue weighted by molar-refractivity contribution is 7.07. The summed E-state index contributed by atoms with van der Waals surface area (Å²) in [5.41, 5.74) is 1.92. The zero-order chi connectivity index (χ0) is 23.8. The summed E-state index contributed by atoms with van der Waals surface area (Å²) in [6.45, 7) is 9.27. The summed E-state index contributed by atoms with van der Waals surface area (Å²) in [6, 6.07) is 10.2. The quantitative estimate of drug-likeness (QED) is 0.599. The number of carbonyl (C=O) groups excluding carboxylic acids is 1. The Bertz CT molecular complexity index is 1190. The van der Waals surface area contributed by atoms with Gasteiger partial charge in [-0.15, -0.1) is 11.3 Å². The summed E-state index contributed by atoms with van der Waals surface area (Å²) >= 11 is 1.15. The Morgan fingerprint density at radius 1 is 1.30 bits per heavy atom. The van der Waals surface area contributed by atoms with E-state index >= 15 is 0 Å². The van der Waals surface area contributed by atoms with Gasteiger partial charge in [0.2, 0.25) is 0 Å². The third-order valence-electron chi connectivity index (χ3n) is 5.61. The Labute approximate surface area is 198 Å². The molecule has 2 heterocycles. The van der Waals surface area contributed by atoms with Gasteiger partial charge in [-0.1, -0.05) is 18.6 Å². The summed E-state index contributed by atoms with van der Waals surface area (Å²) in [5, 5.41) is 12.9. The van der Waals surface area contributed by atoms with E-state index in [9.17, 15) is 14.9 Å². The highest BCUT2D eigenvalue weighted by Crippen LogP contribution is 2.17. The number of likely N-dealkylation sites (tertiary alicyclic amines) is 1. The minimum Gasteiger partial charge on any atom is -0.462 e. The lowest BCUT2D eigenvalue weighted by molar-refractivity contribution is -0.136. The second kappa shape index (κ2) is 11.8. The van der Waals surface area contributed by atoms with Gasteiger partial charge in [-0.25, -0.2) is 4.79 Å². The van der Waals surface area contributed by atoms with E-state index in [0.717, 1.165) is 36.7 Å². The lowest BCUT2D eigenvalue weighted by Gasteiger charge is -2.26. The number of hydrogen-bond acceptors (Lipinski definition) is 7. The van der Waals surface area contributed by atoms with Crippen LogP contribution >= 0.6 is 11.3 Å². The molecule has 0 bridgehead atoms. The van der Waals surface area contributed by atoms with Crippen LogP contribution in [-0.2, 0) is 22.6 Å². The average Bonchev–Trinajstić information content (AvgIpc) is 3.10. The van der Waals surface area contributed by atoms with E-state index in [4.69, 9.17) is 4.74 Å². The number of aromatic nitrogens is 1. The number of hydrogen-bond donors (Lipinski definition) is 1. The van der Waals surface area contributed by atoms with Crippen molar-refractivity contribution in [2.75, 3.05) is 25.0 Å². The smallest absolute Gasteiger partial charge is 0.351 e. The molecule has 1 aliphatic rings. The molecule has 0 spiro atoms. The first-order chi connectivity index (χ1) is 16.0. The number of nitrogens with zero attached hydrogens (tertiary/aromatic N) is 3. The molecule has 1 atom stereocenters. The fraction of sp³-hybridized carbons (Fsp3) is 0.480. The summed E-state index contributed by atoms with van der Waals surface area (Å²) in [7, 11) is 0. The molecule has 1 aromatic heterocycles. The van der Waals surface area contributed by atoms with Crippen molar-refractivity contribution in [3.63, 3.8) is 0 Å². The van der Waals surface area contributed by atoms with Crippen LogP contribution in [0, 0.1) is 11.3 Å². The van der Waals surface area contributed by atoms with Crippen molar-refractivity contribution in [3.8, 4) is 6.07 Å². The number of piperidine rings is 1. The number of anilines is 1. The molecule has 3 rings (SSSR count). The Hall–Kier alpha value is -2.89. The molecule has 0 amide bonds. The van der Waals surface area contributed by atoms with Crippen LogP contribution < -0.4 is 20.1 Å². The van der Waals surface area contributed by atoms with Gasteiger partial charge >= 0.3 is 5.97 Å². The molecule has 1 N–H and O–H groups in total. The summed E-state index contributed by atoms with van der Waals surface area (Å²) in [5.74, 6) is -0.702. The topological polar surface area (TPSA) is 87.4 Å². The minimum absolute atomic E-state index is 0.118. The molecule has 2 aromatic rings. The van der Waals surface area contributed by atoms with E-state index in [2.05, 4.69) is 28.4 Å². The standard InChI is InChI=1S/C25H32N4O3S/c1-4-29-23(30)22(33-24(29)21(16-26)25(31)32-5-2)14-18(3)27-20-11-9-10-19(15-20)17-28-12-7-6-8-13-28/h9-11,14-15,18,27H,4-8,12-13,17H2,1-3H3/b22-14?,24-21-. The van der Waals surface area contributed by atoms with Crippen LogP contribution in [-0.4, -0.2) is 41.2 Å². The van der Waals surface area contributed by atoms with Crippen LogP contribution in [0.2, 0.25) is 0 Å². The predicted molar refractivity (Wildman–Crippen MR) is 132 cm³/mol. The maximum Gasteiger partial charge on any atom is 0.351 e. The van der Waals surface area contributed by atoms with Crippen molar-refractivity contribution < 1.29 is 9.53 Å². The number of ether oxygens (including phenoxy) is 1. The van der Waals surface area contributed by atoms with Gasteiger partial charge in [0, 0.05) is 24.8 Å². The van der Waals surface area contributed by atoms with E-state index in [1.807, 2.05) is 32.1 Å². The highest BCUT2D eigenvalue weighted by atomic mass is 32.1. The maximum atomic E-state index is 12.9. The third-order valence-corrected chi connectivity index (χ3v) is 6.76. The third kappa shape index (κ3) is 6.34. The van der Waals surface area contributed by atoms with Gasteiger partial charge in [0.25, 0.3) is 5.56 Å². The van der Waals surface area contributed by atoms with Gasteiger partial charge < -0.3 is 10.1 Å². The number of thiazole rings is 1. The van der Waals surface area contributed by atoms with E-state index in [0.29, 0.717) is 15.7 Å². The number of esters is 1. The monoisotopic (exact) mass is 468 g/mol. The molecule has 1 saturated heterocycles. The maximum absolute atomic E-state index is 12.9. The van der Waals surface area contributed by atoms with E-state index < -0.39 is 5.97 Å². The molecular formula is C25H32N4O3S. The van der Waals surface area contributed by atoms with Crippen molar-refractivity contribution in [2.24, 2.45) is 0 Å². The van der Waals surface area contributed by atoms with Crippen molar-refractivity contribution in [2.45, 2.75) is 59.2 Å². The first kappa shape index (κ1) is 24.7. The molecule has 176 valence electrons. The fourth-order valence-electron chi connectivity index (χ4n) is 4.06.